The zero-order chi connectivity index (χ0) is 8.44. The molecule has 2 fully saturated rings. The van der Waals surface area contributed by atoms with Crippen molar-refractivity contribution < 1.29 is 9.53 Å². The van der Waals surface area contributed by atoms with Gasteiger partial charge in [-0.05, 0) is 32.1 Å². The summed E-state index contributed by atoms with van der Waals surface area (Å²) in [7, 11) is 0. The molecule has 0 amide bonds. The van der Waals surface area contributed by atoms with Crippen molar-refractivity contribution in [3.05, 3.63) is 0 Å². The Kier molecular flexibility index (Phi) is 2.18. The highest BCUT2D eigenvalue weighted by Gasteiger charge is 2.45. The summed E-state index contributed by atoms with van der Waals surface area (Å²) in [6.45, 7) is 0.861. The van der Waals surface area contributed by atoms with E-state index in [0.717, 1.165) is 32.2 Å². The largest absolute Gasteiger partial charge is 0.377 e. The second-order valence-electron chi connectivity index (χ2n) is 4.06. The first-order valence-electron chi connectivity index (χ1n) is 4.95. The summed E-state index contributed by atoms with van der Waals surface area (Å²) >= 11 is 0. The summed E-state index contributed by atoms with van der Waals surface area (Å²) in [6.07, 6.45) is 8.22. The highest BCUT2D eigenvalue weighted by molar-refractivity contribution is 5.62. The number of hydrogen-bond acceptors (Lipinski definition) is 2. The Morgan fingerprint density at radius 3 is 2.50 bits per heavy atom. The summed E-state index contributed by atoms with van der Waals surface area (Å²) in [5, 5.41) is 0. The van der Waals surface area contributed by atoms with Gasteiger partial charge < -0.3 is 9.53 Å². The van der Waals surface area contributed by atoms with Gasteiger partial charge in [-0.1, -0.05) is 6.42 Å². The van der Waals surface area contributed by atoms with Gasteiger partial charge in [0.2, 0.25) is 0 Å². The Bertz CT molecular complexity index is 167. The lowest BCUT2D eigenvalue weighted by molar-refractivity contribution is -0.141. The molecule has 0 radical (unpaired) electrons. The fourth-order valence-electron chi connectivity index (χ4n) is 2.29. The Hall–Kier alpha value is -0.370. The molecule has 0 aromatic rings. The first kappa shape index (κ1) is 8.24. The van der Waals surface area contributed by atoms with Crippen LogP contribution in [-0.2, 0) is 9.53 Å². The Labute approximate surface area is 73.3 Å². The maximum Gasteiger partial charge on any atom is 0.128 e. The Morgan fingerprint density at radius 1 is 1.25 bits per heavy atom. The molecule has 0 spiro atoms. The van der Waals surface area contributed by atoms with E-state index in [4.69, 9.17) is 4.74 Å². The minimum atomic E-state index is -0.0690. The molecule has 1 atom stereocenters. The Balaban J connectivity index is 1.99. The monoisotopic (exact) mass is 168 g/mol. The van der Waals surface area contributed by atoms with Crippen molar-refractivity contribution in [1.82, 2.24) is 0 Å². The number of aldehydes is 1. The van der Waals surface area contributed by atoms with Crippen LogP contribution in [0.3, 0.4) is 0 Å². The number of rotatable bonds is 2. The SMILES string of the molecule is O=CC1([C@@H]2CCCCO2)CCC1. The van der Waals surface area contributed by atoms with Gasteiger partial charge >= 0.3 is 0 Å². The highest BCUT2D eigenvalue weighted by Crippen LogP contribution is 2.45. The van der Waals surface area contributed by atoms with Gasteiger partial charge in [0, 0.05) is 6.61 Å². The lowest BCUT2D eigenvalue weighted by atomic mass is 9.65. The van der Waals surface area contributed by atoms with Crippen LogP contribution in [0.4, 0.5) is 0 Å². The zero-order valence-corrected chi connectivity index (χ0v) is 7.42. The van der Waals surface area contributed by atoms with Crippen LogP contribution in [0.15, 0.2) is 0 Å². The average molecular weight is 168 g/mol. The van der Waals surface area contributed by atoms with E-state index < -0.39 is 0 Å². The van der Waals surface area contributed by atoms with Crippen LogP contribution < -0.4 is 0 Å². The predicted molar refractivity (Wildman–Crippen MR) is 45.9 cm³/mol. The molecule has 1 heterocycles. The van der Waals surface area contributed by atoms with E-state index in [9.17, 15) is 4.79 Å². The van der Waals surface area contributed by atoms with Gasteiger partial charge in [-0.25, -0.2) is 0 Å². The van der Waals surface area contributed by atoms with Gasteiger partial charge in [0.1, 0.15) is 6.29 Å². The predicted octanol–water partition coefficient (Wildman–Crippen LogP) is 1.92. The molecule has 1 saturated carbocycles. The number of carbonyl (C=O) groups is 1. The molecule has 2 heteroatoms. The third-order valence-corrected chi connectivity index (χ3v) is 3.34. The van der Waals surface area contributed by atoms with Crippen LogP contribution in [-0.4, -0.2) is 19.0 Å². The van der Waals surface area contributed by atoms with Crippen molar-refractivity contribution in [3.8, 4) is 0 Å². The van der Waals surface area contributed by atoms with Crippen molar-refractivity contribution in [2.24, 2.45) is 5.41 Å². The molecule has 12 heavy (non-hydrogen) atoms. The third-order valence-electron chi connectivity index (χ3n) is 3.34. The molecular weight excluding hydrogens is 152 g/mol. The summed E-state index contributed by atoms with van der Waals surface area (Å²) in [5.41, 5.74) is -0.0690. The van der Waals surface area contributed by atoms with E-state index in [1.807, 2.05) is 0 Å². The second kappa shape index (κ2) is 3.17. The van der Waals surface area contributed by atoms with Crippen LogP contribution in [0.1, 0.15) is 38.5 Å². The van der Waals surface area contributed by atoms with Crippen LogP contribution in [0.25, 0.3) is 0 Å². The molecule has 2 nitrogen and oxygen atoms in total. The van der Waals surface area contributed by atoms with Crippen molar-refractivity contribution in [2.75, 3.05) is 6.61 Å². The molecule has 0 aromatic carbocycles. The maximum atomic E-state index is 10.9. The van der Waals surface area contributed by atoms with Crippen molar-refractivity contribution in [1.29, 1.82) is 0 Å². The molecular formula is C10H16O2. The molecule has 68 valence electrons. The molecule has 1 aliphatic heterocycles. The van der Waals surface area contributed by atoms with E-state index in [1.165, 1.54) is 19.3 Å². The minimum Gasteiger partial charge on any atom is -0.377 e. The smallest absolute Gasteiger partial charge is 0.128 e. The lowest BCUT2D eigenvalue weighted by Gasteiger charge is -2.44. The molecule has 1 saturated heterocycles. The van der Waals surface area contributed by atoms with Crippen LogP contribution >= 0.6 is 0 Å². The fourth-order valence-corrected chi connectivity index (χ4v) is 2.29. The molecule has 0 bridgehead atoms. The third kappa shape index (κ3) is 1.18. The van der Waals surface area contributed by atoms with Crippen LogP contribution in [0, 0.1) is 5.41 Å². The molecule has 0 aromatic heterocycles. The van der Waals surface area contributed by atoms with Gasteiger partial charge in [-0.2, -0.15) is 0 Å². The number of hydrogen-bond donors (Lipinski definition) is 0. The first-order valence-corrected chi connectivity index (χ1v) is 4.95. The molecule has 0 unspecified atom stereocenters. The summed E-state index contributed by atoms with van der Waals surface area (Å²) in [5.74, 6) is 0. The molecule has 1 aliphatic carbocycles. The van der Waals surface area contributed by atoms with E-state index in [0.29, 0.717) is 0 Å². The van der Waals surface area contributed by atoms with Crippen LogP contribution in [0.5, 0.6) is 0 Å². The standard InChI is InChI=1S/C10H16O2/c11-8-10(5-3-6-10)9-4-1-2-7-12-9/h8-9H,1-7H2/t9-/m0/s1. The van der Waals surface area contributed by atoms with Gasteiger partial charge in [-0.3, -0.25) is 0 Å². The van der Waals surface area contributed by atoms with E-state index in [-0.39, 0.29) is 11.5 Å². The lowest BCUT2D eigenvalue weighted by Crippen LogP contribution is -2.45. The number of ether oxygens (including phenoxy) is 1. The topological polar surface area (TPSA) is 26.3 Å². The minimum absolute atomic E-state index is 0.0690. The quantitative estimate of drug-likeness (QED) is 0.589. The maximum absolute atomic E-state index is 10.9. The van der Waals surface area contributed by atoms with Crippen molar-refractivity contribution >= 4 is 6.29 Å². The normalized spacial score (nSPS) is 33.8. The van der Waals surface area contributed by atoms with Gasteiger partial charge in [0.15, 0.2) is 0 Å². The van der Waals surface area contributed by atoms with Crippen molar-refractivity contribution in [2.45, 2.75) is 44.6 Å². The zero-order valence-electron chi connectivity index (χ0n) is 7.42. The molecule has 0 N–H and O–H groups in total. The second-order valence-corrected chi connectivity index (χ2v) is 4.06. The fraction of sp³-hybridized carbons (Fsp3) is 0.900. The summed E-state index contributed by atoms with van der Waals surface area (Å²) in [6, 6.07) is 0. The summed E-state index contributed by atoms with van der Waals surface area (Å²) < 4.78 is 5.64. The number of carbonyl (C=O) groups excluding carboxylic acids is 1. The van der Waals surface area contributed by atoms with Gasteiger partial charge in [0.25, 0.3) is 0 Å². The van der Waals surface area contributed by atoms with Crippen LogP contribution in [0.2, 0.25) is 0 Å². The Morgan fingerprint density at radius 2 is 2.08 bits per heavy atom. The van der Waals surface area contributed by atoms with E-state index >= 15 is 0 Å². The average Bonchev–Trinajstić information content (AvgIpc) is 2.05. The molecule has 2 rings (SSSR count). The van der Waals surface area contributed by atoms with Crippen molar-refractivity contribution in [3.63, 3.8) is 0 Å². The first-order chi connectivity index (χ1) is 5.87. The van der Waals surface area contributed by atoms with Gasteiger partial charge in [0.05, 0.1) is 11.5 Å². The van der Waals surface area contributed by atoms with E-state index in [1.54, 1.807) is 0 Å². The molecule has 2 aliphatic rings. The van der Waals surface area contributed by atoms with Gasteiger partial charge in [-0.15, -0.1) is 0 Å². The van der Waals surface area contributed by atoms with E-state index in [2.05, 4.69) is 0 Å². The highest BCUT2D eigenvalue weighted by atomic mass is 16.5. The summed E-state index contributed by atoms with van der Waals surface area (Å²) in [4.78, 5) is 10.9.